The van der Waals surface area contributed by atoms with Crippen LogP contribution in [0, 0.1) is 0 Å². The van der Waals surface area contributed by atoms with Crippen LogP contribution in [0.2, 0.25) is 0 Å². The van der Waals surface area contributed by atoms with E-state index in [1.165, 1.54) is 0 Å². The van der Waals surface area contributed by atoms with E-state index in [9.17, 15) is 4.79 Å². The van der Waals surface area contributed by atoms with Gasteiger partial charge < -0.3 is 5.32 Å². The van der Waals surface area contributed by atoms with Gasteiger partial charge in [-0.15, -0.1) is 0 Å². The third-order valence-corrected chi connectivity index (χ3v) is 3.74. The van der Waals surface area contributed by atoms with Gasteiger partial charge in [0.15, 0.2) is 5.96 Å². The average Bonchev–Trinajstić information content (AvgIpc) is 2.43. The van der Waals surface area contributed by atoms with Gasteiger partial charge in [0.2, 0.25) is 0 Å². The first kappa shape index (κ1) is 10.8. The third-order valence-electron chi connectivity index (χ3n) is 2.76. The van der Waals surface area contributed by atoms with Gasteiger partial charge in [0.1, 0.15) is 5.54 Å². The molecular weight excluding hydrogens is 210 g/mol. The average molecular weight is 227 g/mol. The third kappa shape index (κ3) is 2.12. The highest BCUT2D eigenvalue weighted by Gasteiger charge is 2.45. The number of guanidine groups is 1. The van der Waals surface area contributed by atoms with Crippen molar-refractivity contribution in [2.24, 2.45) is 4.99 Å². The normalized spacial score (nSPS) is 27.1. The number of thioether (sulfide) groups is 1. The Labute approximate surface area is 94.3 Å². The van der Waals surface area contributed by atoms with Gasteiger partial charge in [-0.25, -0.2) is 0 Å². The number of rotatable bonds is 1. The van der Waals surface area contributed by atoms with Crippen LogP contribution in [0.1, 0.15) is 26.7 Å². The summed E-state index contributed by atoms with van der Waals surface area (Å²) in [5, 5.41) is 6.10. The monoisotopic (exact) mass is 227 g/mol. The maximum atomic E-state index is 11.9. The van der Waals surface area contributed by atoms with Crippen LogP contribution in [0.25, 0.3) is 0 Å². The molecule has 84 valence electrons. The lowest BCUT2D eigenvalue weighted by Gasteiger charge is -2.29. The molecule has 4 nitrogen and oxygen atoms in total. The maximum absolute atomic E-state index is 11.9. The van der Waals surface area contributed by atoms with Crippen molar-refractivity contribution in [2.45, 2.75) is 38.3 Å². The number of carbonyl (C=O) groups is 1. The molecule has 2 N–H and O–H groups in total. The molecule has 2 saturated heterocycles. The summed E-state index contributed by atoms with van der Waals surface area (Å²) in [6.07, 6.45) is 1.81. The van der Waals surface area contributed by atoms with E-state index in [4.69, 9.17) is 0 Å². The highest BCUT2D eigenvalue weighted by Crippen LogP contribution is 2.29. The SMILES string of the molecule is CC(C)N=C1NC(=O)C2(CCSCC2)N1. The molecule has 0 unspecified atom stereocenters. The van der Waals surface area contributed by atoms with Gasteiger partial charge in [0.25, 0.3) is 5.91 Å². The summed E-state index contributed by atoms with van der Waals surface area (Å²) < 4.78 is 0. The lowest BCUT2D eigenvalue weighted by atomic mass is 9.93. The summed E-state index contributed by atoms with van der Waals surface area (Å²) in [4.78, 5) is 16.2. The van der Waals surface area contributed by atoms with Crippen LogP contribution in [0.15, 0.2) is 4.99 Å². The van der Waals surface area contributed by atoms with Crippen LogP contribution in [0.4, 0.5) is 0 Å². The predicted octanol–water partition coefficient (Wildman–Crippen LogP) is 0.736. The fraction of sp³-hybridized carbons (Fsp3) is 0.800. The van der Waals surface area contributed by atoms with Crippen LogP contribution in [0.5, 0.6) is 0 Å². The molecule has 0 aromatic carbocycles. The van der Waals surface area contributed by atoms with Gasteiger partial charge in [-0.3, -0.25) is 15.1 Å². The zero-order valence-electron chi connectivity index (χ0n) is 9.17. The number of aliphatic imine (C=N–C) groups is 1. The molecule has 2 aliphatic rings. The quantitative estimate of drug-likeness (QED) is 0.694. The van der Waals surface area contributed by atoms with E-state index in [1.807, 2.05) is 25.6 Å². The van der Waals surface area contributed by atoms with Crippen molar-refractivity contribution < 1.29 is 4.79 Å². The summed E-state index contributed by atoms with van der Waals surface area (Å²) in [7, 11) is 0. The highest BCUT2D eigenvalue weighted by molar-refractivity contribution is 7.99. The summed E-state index contributed by atoms with van der Waals surface area (Å²) in [6, 6.07) is 0.209. The molecule has 1 amide bonds. The second-order valence-electron chi connectivity index (χ2n) is 4.35. The second-order valence-corrected chi connectivity index (χ2v) is 5.57. The fourth-order valence-corrected chi connectivity index (χ4v) is 3.13. The standard InChI is InChI=1S/C10H17N3OS/c1-7(2)11-9-12-8(14)10(13-9)3-5-15-6-4-10/h7H,3-6H2,1-2H3,(H2,11,12,13,14). The summed E-state index contributed by atoms with van der Waals surface area (Å²) in [5.41, 5.74) is -0.362. The Hall–Kier alpha value is -0.710. The molecule has 2 heterocycles. The van der Waals surface area contributed by atoms with Crippen molar-refractivity contribution in [3.05, 3.63) is 0 Å². The predicted molar refractivity (Wildman–Crippen MR) is 63.1 cm³/mol. The molecule has 5 heteroatoms. The molecule has 2 aliphatic heterocycles. The maximum Gasteiger partial charge on any atom is 0.252 e. The Balaban J connectivity index is 2.12. The molecule has 0 aliphatic carbocycles. The van der Waals surface area contributed by atoms with E-state index in [-0.39, 0.29) is 17.5 Å². The minimum atomic E-state index is -0.362. The lowest BCUT2D eigenvalue weighted by Crippen LogP contribution is -2.49. The van der Waals surface area contributed by atoms with E-state index in [1.54, 1.807) is 0 Å². The summed E-state index contributed by atoms with van der Waals surface area (Å²) in [6.45, 7) is 4.01. The van der Waals surface area contributed by atoms with Crippen molar-refractivity contribution in [1.82, 2.24) is 10.6 Å². The highest BCUT2D eigenvalue weighted by atomic mass is 32.2. The van der Waals surface area contributed by atoms with Crippen LogP contribution in [0.3, 0.4) is 0 Å². The first-order valence-corrected chi connectivity index (χ1v) is 6.53. The Morgan fingerprint density at radius 2 is 2.07 bits per heavy atom. The van der Waals surface area contributed by atoms with Crippen molar-refractivity contribution in [1.29, 1.82) is 0 Å². The van der Waals surface area contributed by atoms with Gasteiger partial charge >= 0.3 is 0 Å². The first-order valence-electron chi connectivity index (χ1n) is 5.38. The molecule has 0 radical (unpaired) electrons. The molecule has 1 spiro atoms. The first-order chi connectivity index (χ1) is 7.12. The van der Waals surface area contributed by atoms with E-state index in [0.717, 1.165) is 24.3 Å². The Morgan fingerprint density at radius 1 is 1.40 bits per heavy atom. The zero-order chi connectivity index (χ0) is 10.9. The zero-order valence-corrected chi connectivity index (χ0v) is 9.99. The van der Waals surface area contributed by atoms with E-state index < -0.39 is 0 Å². The number of nitrogens with one attached hydrogen (secondary N) is 2. The van der Waals surface area contributed by atoms with Crippen LogP contribution < -0.4 is 10.6 Å². The molecule has 0 atom stereocenters. The van der Waals surface area contributed by atoms with Gasteiger partial charge in [0, 0.05) is 6.04 Å². The molecule has 15 heavy (non-hydrogen) atoms. The Morgan fingerprint density at radius 3 is 2.67 bits per heavy atom. The molecule has 2 fully saturated rings. The number of amides is 1. The molecular formula is C10H17N3OS. The number of nitrogens with zero attached hydrogens (tertiary/aromatic N) is 1. The van der Waals surface area contributed by atoms with Crippen molar-refractivity contribution in [3.8, 4) is 0 Å². The number of carbonyl (C=O) groups excluding carboxylic acids is 1. The lowest BCUT2D eigenvalue weighted by molar-refractivity contribution is -0.124. The molecule has 0 aromatic rings. The Kier molecular flexibility index (Phi) is 2.91. The van der Waals surface area contributed by atoms with Crippen LogP contribution in [-0.2, 0) is 4.79 Å². The second kappa shape index (κ2) is 4.04. The summed E-state index contributed by atoms with van der Waals surface area (Å²) >= 11 is 1.91. The molecule has 0 aromatic heterocycles. The van der Waals surface area contributed by atoms with E-state index in [0.29, 0.717) is 5.96 Å². The van der Waals surface area contributed by atoms with Crippen molar-refractivity contribution >= 4 is 23.6 Å². The van der Waals surface area contributed by atoms with Crippen LogP contribution >= 0.6 is 11.8 Å². The van der Waals surface area contributed by atoms with Gasteiger partial charge in [0.05, 0.1) is 0 Å². The Bertz CT molecular complexity index is 295. The minimum Gasteiger partial charge on any atom is -0.342 e. The number of hydrogen-bond acceptors (Lipinski definition) is 3. The smallest absolute Gasteiger partial charge is 0.252 e. The van der Waals surface area contributed by atoms with Crippen LogP contribution in [-0.4, -0.2) is 35.0 Å². The molecule has 2 rings (SSSR count). The topological polar surface area (TPSA) is 53.5 Å². The van der Waals surface area contributed by atoms with Gasteiger partial charge in [-0.2, -0.15) is 11.8 Å². The fourth-order valence-electron chi connectivity index (χ4n) is 1.94. The largest absolute Gasteiger partial charge is 0.342 e. The number of hydrogen-bond donors (Lipinski definition) is 2. The van der Waals surface area contributed by atoms with E-state index >= 15 is 0 Å². The molecule has 0 bridgehead atoms. The summed E-state index contributed by atoms with van der Waals surface area (Å²) in [5.74, 6) is 2.86. The molecule has 0 saturated carbocycles. The van der Waals surface area contributed by atoms with Gasteiger partial charge in [-0.05, 0) is 38.2 Å². The van der Waals surface area contributed by atoms with Crippen molar-refractivity contribution in [2.75, 3.05) is 11.5 Å². The van der Waals surface area contributed by atoms with E-state index in [2.05, 4.69) is 15.6 Å². The van der Waals surface area contributed by atoms with Gasteiger partial charge in [-0.1, -0.05) is 0 Å². The van der Waals surface area contributed by atoms with Crippen molar-refractivity contribution in [3.63, 3.8) is 0 Å². The minimum absolute atomic E-state index is 0.0993.